The van der Waals surface area contributed by atoms with Crippen LogP contribution in [0.25, 0.3) is 11.1 Å². The number of benzene rings is 4. The van der Waals surface area contributed by atoms with Crippen molar-refractivity contribution in [2.75, 3.05) is 37.8 Å². The molecule has 5 rings (SSSR count). The van der Waals surface area contributed by atoms with Crippen molar-refractivity contribution in [2.45, 2.75) is 0 Å². The van der Waals surface area contributed by atoms with E-state index in [1.807, 2.05) is 79.8 Å². The molecule has 0 radical (unpaired) electrons. The molecule has 1 aliphatic heterocycles. The summed E-state index contributed by atoms with van der Waals surface area (Å²) in [5.41, 5.74) is 6.23. The van der Waals surface area contributed by atoms with Gasteiger partial charge in [-0.3, -0.25) is 19.6 Å². The number of anilines is 2. The zero-order chi connectivity index (χ0) is 27.9. The minimum atomic E-state index is -0.199. The second kappa shape index (κ2) is 12.1. The van der Waals surface area contributed by atoms with Gasteiger partial charge in [0.15, 0.2) is 0 Å². The van der Waals surface area contributed by atoms with Gasteiger partial charge in [0, 0.05) is 54.3 Å². The first-order valence-corrected chi connectivity index (χ1v) is 13.0. The van der Waals surface area contributed by atoms with Crippen molar-refractivity contribution in [1.29, 1.82) is 0 Å². The van der Waals surface area contributed by atoms with E-state index >= 15 is 0 Å². The SMILES string of the molecule is CN=C(NC)c1cccc(NC(=O)c2ccc(-c3ccc(C(=O)Nc4cccc(C5=NCCN5)c4)cc3)cc2)c1. The summed E-state index contributed by atoms with van der Waals surface area (Å²) in [5.74, 6) is 1.21. The van der Waals surface area contributed by atoms with Crippen LogP contribution >= 0.6 is 0 Å². The van der Waals surface area contributed by atoms with Gasteiger partial charge in [0.25, 0.3) is 11.8 Å². The molecule has 0 fully saturated rings. The third-order valence-electron chi connectivity index (χ3n) is 6.55. The van der Waals surface area contributed by atoms with Gasteiger partial charge in [0.05, 0.1) is 6.54 Å². The summed E-state index contributed by atoms with van der Waals surface area (Å²) < 4.78 is 0. The van der Waals surface area contributed by atoms with E-state index in [4.69, 9.17) is 0 Å². The fourth-order valence-corrected chi connectivity index (χ4v) is 4.50. The van der Waals surface area contributed by atoms with Crippen LogP contribution in [0.4, 0.5) is 11.4 Å². The second-order valence-electron chi connectivity index (χ2n) is 9.20. The van der Waals surface area contributed by atoms with Gasteiger partial charge in [-0.25, -0.2) is 0 Å². The Bertz CT molecular complexity index is 1490. The van der Waals surface area contributed by atoms with Crippen LogP contribution in [-0.4, -0.2) is 50.7 Å². The first-order valence-electron chi connectivity index (χ1n) is 13.0. The van der Waals surface area contributed by atoms with Gasteiger partial charge < -0.3 is 21.3 Å². The molecule has 0 aromatic heterocycles. The Labute approximate surface area is 233 Å². The maximum absolute atomic E-state index is 12.8. The van der Waals surface area contributed by atoms with Gasteiger partial charge >= 0.3 is 0 Å². The molecule has 2 amide bonds. The number of carbonyl (C=O) groups excluding carboxylic acids is 2. The largest absolute Gasteiger partial charge is 0.373 e. The zero-order valence-corrected chi connectivity index (χ0v) is 22.4. The fourth-order valence-electron chi connectivity index (χ4n) is 4.50. The van der Waals surface area contributed by atoms with Crippen molar-refractivity contribution < 1.29 is 9.59 Å². The van der Waals surface area contributed by atoms with Gasteiger partial charge in [-0.1, -0.05) is 48.5 Å². The van der Waals surface area contributed by atoms with Crippen molar-refractivity contribution in [3.05, 3.63) is 119 Å². The van der Waals surface area contributed by atoms with Crippen molar-refractivity contribution in [3.8, 4) is 11.1 Å². The van der Waals surface area contributed by atoms with E-state index in [2.05, 4.69) is 31.3 Å². The van der Waals surface area contributed by atoms with Crippen molar-refractivity contribution in [2.24, 2.45) is 9.98 Å². The summed E-state index contributed by atoms with van der Waals surface area (Å²) in [4.78, 5) is 34.3. The number of carbonyl (C=O) groups is 2. The van der Waals surface area contributed by atoms with Crippen LogP contribution in [0.5, 0.6) is 0 Å². The monoisotopic (exact) mass is 530 g/mol. The molecule has 0 bridgehead atoms. The zero-order valence-electron chi connectivity index (χ0n) is 22.4. The van der Waals surface area contributed by atoms with E-state index in [-0.39, 0.29) is 11.8 Å². The average molecular weight is 531 g/mol. The molecule has 4 aromatic rings. The Balaban J connectivity index is 1.22. The summed E-state index contributed by atoms with van der Waals surface area (Å²) >= 11 is 0. The number of nitrogens with one attached hydrogen (secondary N) is 4. The molecule has 0 saturated heterocycles. The highest BCUT2D eigenvalue weighted by molar-refractivity contribution is 6.07. The highest BCUT2D eigenvalue weighted by Crippen LogP contribution is 2.22. The minimum Gasteiger partial charge on any atom is -0.373 e. The summed E-state index contributed by atoms with van der Waals surface area (Å²) in [6.45, 7) is 1.59. The molecular weight excluding hydrogens is 500 g/mol. The number of amides is 2. The number of aliphatic imine (C=N–C) groups is 2. The third-order valence-corrected chi connectivity index (χ3v) is 6.55. The van der Waals surface area contributed by atoms with Gasteiger partial charge in [-0.2, -0.15) is 0 Å². The fraction of sp³-hybridized carbons (Fsp3) is 0.125. The molecule has 40 heavy (non-hydrogen) atoms. The molecule has 0 aliphatic carbocycles. The Morgan fingerprint density at radius 3 is 1.82 bits per heavy atom. The Morgan fingerprint density at radius 1 is 0.725 bits per heavy atom. The number of nitrogens with zero attached hydrogens (tertiary/aromatic N) is 2. The number of rotatable bonds is 7. The van der Waals surface area contributed by atoms with E-state index in [0.717, 1.165) is 47.0 Å². The van der Waals surface area contributed by atoms with Crippen LogP contribution in [0, 0.1) is 0 Å². The molecule has 200 valence electrons. The van der Waals surface area contributed by atoms with Crippen LogP contribution < -0.4 is 21.3 Å². The molecule has 8 nitrogen and oxygen atoms in total. The number of hydrogen-bond donors (Lipinski definition) is 4. The van der Waals surface area contributed by atoms with Crippen LogP contribution in [0.1, 0.15) is 31.8 Å². The summed E-state index contributed by atoms with van der Waals surface area (Å²) in [6.07, 6.45) is 0. The van der Waals surface area contributed by atoms with Gasteiger partial charge in [-0.05, 0) is 59.7 Å². The molecule has 0 unspecified atom stereocenters. The minimum absolute atomic E-state index is 0.187. The Morgan fingerprint density at radius 2 is 1.30 bits per heavy atom. The highest BCUT2D eigenvalue weighted by atomic mass is 16.2. The van der Waals surface area contributed by atoms with Crippen LogP contribution in [-0.2, 0) is 0 Å². The van der Waals surface area contributed by atoms with Gasteiger partial charge in [-0.15, -0.1) is 0 Å². The molecule has 8 heteroatoms. The van der Waals surface area contributed by atoms with Crippen LogP contribution in [0.2, 0.25) is 0 Å². The molecule has 0 atom stereocenters. The van der Waals surface area contributed by atoms with E-state index < -0.39 is 0 Å². The quantitative estimate of drug-likeness (QED) is 0.203. The highest BCUT2D eigenvalue weighted by Gasteiger charge is 2.12. The molecule has 4 aromatic carbocycles. The molecule has 0 saturated carbocycles. The maximum Gasteiger partial charge on any atom is 0.255 e. The van der Waals surface area contributed by atoms with E-state index in [0.29, 0.717) is 22.5 Å². The summed E-state index contributed by atoms with van der Waals surface area (Å²) in [6, 6.07) is 29.9. The lowest BCUT2D eigenvalue weighted by molar-refractivity contribution is 0.101. The van der Waals surface area contributed by atoms with Crippen LogP contribution in [0.3, 0.4) is 0 Å². The lowest BCUT2D eigenvalue weighted by Gasteiger charge is -2.10. The Hall–Kier alpha value is -5.24. The smallest absolute Gasteiger partial charge is 0.255 e. The van der Waals surface area contributed by atoms with E-state index in [1.165, 1.54) is 0 Å². The normalized spacial score (nSPS) is 12.8. The first kappa shape index (κ1) is 26.4. The van der Waals surface area contributed by atoms with Crippen molar-refractivity contribution in [1.82, 2.24) is 10.6 Å². The van der Waals surface area contributed by atoms with Crippen molar-refractivity contribution in [3.63, 3.8) is 0 Å². The lowest BCUT2D eigenvalue weighted by atomic mass is 10.0. The summed E-state index contributed by atoms with van der Waals surface area (Å²) in [7, 11) is 3.52. The predicted molar refractivity (Wildman–Crippen MR) is 162 cm³/mol. The first-order chi connectivity index (χ1) is 19.5. The molecular formula is C32H30N6O2. The van der Waals surface area contributed by atoms with Crippen LogP contribution in [0.15, 0.2) is 107 Å². The number of hydrogen-bond acceptors (Lipinski definition) is 5. The third kappa shape index (κ3) is 6.07. The van der Waals surface area contributed by atoms with Crippen molar-refractivity contribution >= 4 is 34.9 Å². The van der Waals surface area contributed by atoms with E-state index in [1.54, 1.807) is 31.3 Å². The molecule has 1 heterocycles. The second-order valence-corrected chi connectivity index (χ2v) is 9.20. The molecule has 0 spiro atoms. The molecule has 4 N–H and O–H groups in total. The average Bonchev–Trinajstić information content (AvgIpc) is 3.54. The maximum atomic E-state index is 12.8. The number of amidine groups is 2. The standard InChI is InChI=1S/C32H30N6O2/c1-33-29(34-2)25-5-3-7-27(19-25)37-31(39)23-13-9-21(10-14-23)22-11-15-24(16-12-22)32(40)38-28-8-4-6-26(20-28)30-35-17-18-36-30/h3-16,19-20H,17-18H2,1-2H3,(H,33,34)(H,35,36)(H,37,39)(H,38,40). The molecule has 1 aliphatic rings. The lowest BCUT2D eigenvalue weighted by Crippen LogP contribution is -2.19. The summed E-state index contributed by atoms with van der Waals surface area (Å²) in [5, 5.41) is 12.2. The van der Waals surface area contributed by atoms with Gasteiger partial charge in [0.1, 0.15) is 11.7 Å². The topological polar surface area (TPSA) is 107 Å². The van der Waals surface area contributed by atoms with E-state index in [9.17, 15) is 9.59 Å². The predicted octanol–water partition coefficient (Wildman–Crippen LogP) is 4.80. The van der Waals surface area contributed by atoms with Gasteiger partial charge in [0.2, 0.25) is 0 Å². The Kier molecular flexibility index (Phi) is 7.97.